The van der Waals surface area contributed by atoms with Crippen molar-refractivity contribution in [3.63, 3.8) is 0 Å². The first-order chi connectivity index (χ1) is 18.9. The van der Waals surface area contributed by atoms with Crippen LogP contribution in [0.15, 0.2) is 72.8 Å². The highest BCUT2D eigenvalue weighted by molar-refractivity contribution is 5.92. The summed E-state index contributed by atoms with van der Waals surface area (Å²) in [7, 11) is 1.24. The van der Waals surface area contributed by atoms with Crippen molar-refractivity contribution in [3.05, 3.63) is 89.5 Å². The van der Waals surface area contributed by atoms with Crippen molar-refractivity contribution in [1.82, 2.24) is 5.32 Å². The number of carbonyl (C=O) groups excluding carboxylic acids is 4. The van der Waals surface area contributed by atoms with E-state index in [1.807, 2.05) is 48.5 Å². The van der Waals surface area contributed by atoms with E-state index in [0.29, 0.717) is 11.3 Å². The number of fused-ring (bicyclic) bond motifs is 3. The summed E-state index contributed by atoms with van der Waals surface area (Å²) in [6.45, 7) is 0.109. The van der Waals surface area contributed by atoms with Crippen molar-refractivity contribution in [2.24, 2.45) is 0 Å². The Labute approximate surface area is 224 Å². The summed E-state index contributed by atoms with van der Waals surface area (Å²) in [6, 6.07) is 21.6. The van der Waals surface area contributed by atoms with Gasteiger partial charge < -0.3 is 25.0 Å². The molecule has 0 radical (unpaired) electrons. The lowest BCUT2D eigenvalue weighted by Gasteiger charge is -2.19. The predicted octanol–water partition coefficient (Wildman–Crippen LogP) is 4.04. The standard InChI is InChI=1S/C29H28N2O8/c1-37-28(34)25(16-18-10-12-19(13-11-18)30-26(32)14-15-27(33)39-36)31-29(35)38-17-24-22-8-4-2-6-20(22)21-7-3-5-9-23(21)24/h2-13,24-25,36H,14-17H2,1H3,(H,30,32)(H,31,35)/t25-/m0/s1. The molecule has 2 amide bonds. The maximum absolute atomic E-state index is 12.7. The zero-order valence-electron chi connectivity index (χ0n) is 21.2. The Morgan fingerprint density at radius 2 is 1.49 bits per heavy atom. The first-order valence-electron chi connectivity index (χ1n) is 12.3. The lowest BCUT2D eigenvalue weighted by atomic mass is 9.98. The van der Waals surface area contributed by atoms with Gasteiger partial charge in [0.05, 0.1) is 13.5 Å². The van der Waals surface area contributed by atoms with Gasteiger partial charge in [0.25, 0.3) is 0 Å². The number of esters is 1. The summed E-state index contributed by atoms with van der Waals surface area (Å²) in [4.78, 5) is 51.5. The van der Waals surface area contributed by atoms with Gasteiger partial charge in [-0.15, -0.1) is 0 Å². The Bertz CT molecular complexity index is 1310. The number of carbonyl (C=O) groups is 4. The zero-order chi connectivity index (χ0) is 27.8. The van der Waals surface area contributed by atoms with Crippen LogP contribution in [0.3, 0.4) is 0 Å². The second-order valence-electron chi connectivity index (χ2n) is 8.96. The van der Waals surface area contributed by atoms with Gasteiger partial charge in [-0.2, -0.15) is 5.26 Å². The number of rotatable bonds is 10. The lowest BCUT2D eigenvalue weighted by molar-refractivity contribution is -0.234. The van der Waals surface area contributed by atoms with Gasteiger partial charge in [-0.25, -0.2) is 14.4 Å². The smallest absolute Gasteiger partial charge is 0.407 e. The Balaban J connectivity index is 1.34. The molecule has 0 unspecified atom stereocenters. The molecule has 1 atom stereocenters. The summed E-state index contributed by atoms with van der Waals surface area (Å²) in [5.74, 6) is -2.08. The second-order valence-corrected chi connectivity index (χ2v) is 8.96. The van der Waals surface area contributed by atoms with Crippen LogP contribution in [0, 0.1) is 0 Å². The monoisotopic (exact) mass is 532 g/mol. The second kappa shape index (κ2) is 12.7. The molecule has 3 aromatic carbocycles. The van der Waals surface area contributed by atoms with Gasteiger partial charge in [-0.1, -0.05) is 60.7 Å². The number of benzene rings is 3. The number of methoxy groups -OCH3 is 1. The van der Waals surface area contributed by atoms with E-state index in [1.54, 1.807) is 24.3 Å². The highest BCUT2D eigenvalue weighted by Crippen LogP contribution is 2.44. The molecule has 1 aliphatic rings. The maximum atomic E-state index is 12.7. The maximum Gasteiger partial charge on any atom is 0.407 e. The van der Waals surface area contributed by atoms with E-state index in [9.17, 15) is 19.2 Å². The van der Waals surface area contributed by atoms with Gasteiger partial charge in [0.1, 0.15) is 12.6 Å². The summed E-state index contributed by atoms with van der Waals surface area (Å²) in [5, 5.41) is 13.5. The van der Waals surface area contributed by atoms with E-state index in [-0.39, 0.29) is 31.8 Å². The average Bonchev–Trinajstić information content (AvgIpc) is 3.28. The molecule has 0 fully saturated rings. The Kier molecular flexibility index (Phi) is 8.90. The zero-order valence-corrected chi connectivity index (χ0v) is 21.2. The van der Waals surface area contributed by atoms with Crippen molar-refractivity contribution in [1.29, 1.82) is 0 Å². The van der Waals surface area contributed by atoms with Gasteiger partial charge in [0.2, 0.25) is 5.91 Å². The van der Waals surface area contributed by atoms with E-state index in [2.05, 4.69) is 15.5 Å². The molecule has 0 aliphatic heterocycles. The van der Waals surface area contributed by atoms with Crippen molar-refractivity contribution in [3.8, 4) is 11.1 Å². The van der Waals surface area contributed by atoms with Crippen LogP contribution in [0.25, 0.3) is 11.1 Å². The minimum Gasteiger partial charge on any atom is -0.467 e. The average molecular weight is 533 g/mol. The van der Waals surface area contributed by atoms with Crippen molar-refractivity contribution in [2.45, 2.75) is 31.2 Å². The van der Waals surface area contributed by atoms with Crippen molar-refractivity contribution in [2.75, 3.05) is 19.0 Å². The summed E-state index contributed by atoms with van der Waals surface area (Å²) < 4.78 is 10.4. The molecule has 39 heavy (non-hydrogen) atoms. The molecule has 0 bridgehead atoms. The van der Waals surface area contributed by atoms with E-state index in [4.69, 9.17) is 14.7 Å². The van der Waals surface area contributed by atoms with Crippen LogP contribution < -0.4 is 10.6 Å². The van der Waals surface area contributed by atoms with E-state index >= 15 is 0 Å². The van der Waals surface area contributed by atoms with E-state index in [0.717, 1.165) is 22.3 Å². The van der Waals surface area contributed by atoms with Crippen LogP contribution in [0.5, 0.6) is 0 Å². The van der Waals surface area contributed by atoms with Gasteiger partial charge in [-0.05, 0) is 39.9 Å². The number of hydrogen-bond acceptors (Lipinski definition) is 8. The predicted molar refractivity (Wildman–Crippen MR) is 141 cm³/mol. The number of anilines is 1. The topological polar surface area (TPSA) is 140 Å². The summed E-state index contributed by atoms with van der Waals surface area (Å²) in [5.41, 5.74) is 5.56. The van der Waals surface area contributed by atoms with Crippen molar-refractivity contribution >= 4 is 29.6 Å². The van der Waals surface area contributed by atoms with Gasteiger partial charge >= 0.3 is 18.0 Å². The van der Waals surface area contributed by atoms with Crippen LogP contribution in [0.2, 0.25) is 0 Å². The molecular weight excluding hydrogens is 504 g/mol. The molecular formula is C29H28N2O8. The number of hydrogen-bond donors (Lipinski definition) is 3. The molecule has 3 N–H and O–H groups in total. The summed E-state index contributed by atoms with van der Waals surface area (Å²) in [6.07, 6.45) is -1.02. The number of amides is 2. The quantitative estimate of drug-likeness (QED) is 0.154. The van der Waals surface area contributed by atoms with Crippen LogP contribution >= 0.6 is 0 Å². The first kappa shape index (κ1) is 27.3. The Hall–Kier alpha value is -4.70. The molecule has 0 aromatic heterocycles. The number of ether oxygens (including phenoxy) is 2. The van der Waals surface area contributed by atoms with E-state index in [1.165, 1.54) is 7.11 Å². The Morgan fingerprint density at radius 3 is 2.08 bits per heavy atom. The van der Waals surface area contributed by atoms with E-state index < -0.39 is 30.0 Å². The Morgan fingerprint density at radius 1 is 0.872 bits per heavy atom. The third kappa shape index (κ3) is 6.79. The van der Waals surface area contributed by atoms with Crippen LogP contribution in [0.4, 0.5) is 10.5 Å². The highest BCUT2D eigenvalue weighted by Gasteiger charge is 2.30. The normalized spacial score (nSPS) is 12.5. The highest BCUT2D eigenvalue weighted by atomic mass is 17.1. The molecule has 10 nitrogen and oxygen atoms in total. The fraction of sp³-hybridized carbons (Fsp3) is 0.241. The molecule has 10 heteroatoms. The minimum absolute atomic E-state index is 0.109. The minimum atomic E-state index is -0.990. The molecule has 3 aromatic rings. The molecule has 1 aliphatic carbocycles. The molecule has 4 rings (SSSR count). The van der Waals surface area contributed by atoms with Crippen molar-refractivity contribution < 1.29 is 38.8 Å². The molecule has 0 saturated carbocycles. The summed E-state index contributed by atoms with van der Waals surface area (Å²) >= 11 is 0. The molecule has 202 valence electrons. The first-order valence-corrected chi connectivity index (χ1v) is 12.3. The third-order valence-electron chi connectivity index (χ3n) is 6.46. The van der Waals surface area contributed by atoms with Gasteiger partial charge in [0.15, 0.2) is 0 Å². The fourth-order valence-electron chi connectivity index (χ4n) is 4.56. The SMILES string of the molecule is COC(=O)[C@H](Cc1ccc(NC(=O)CCC(=O)OO)cc1)NC(=O)OCC1c2ccccc2-c2ccccc21. The van der Waals surface area contributed by atoms with Crippen LogP contribution in [-0.2, 0) is 35.2 Å². The number of alkyl carbamates (subject to hydrolysis) is 1. The molecule has 0 saturated heterocycles. The lowest BCUT2D eigenvalue weighted by Crippen LogP contribution is -2.43. The third-order valence-corrected chi connectivity index (χ3v) is 6.46. The molecule has 0 spiro atoms. The molecule has 0 heterocycles. The van der Waals surface area contributed by atoms with Gasteiger partial charge in [0, 0.05) is 24.4 Å². The van der Waals surface area contributed by atoms with Gasteiger partial charge in [-0.3, -0.25) is 4.79 Å². The fourth-order valence-corrected chi connectivity index (χ4v) is 4.56. The largest absolute Gasteiger partial charge is 0.467 e. The van der Waals surface area contributed by atoms with Crippen LogP contribution in [0.1, 0.15) is 35.4 Å². The van der Waals surface area contributed by atoms with Crippen LogP contribution in [-0.4, -0.2) is 49.0 Å². The number of nitrogens with one attached hydrogen (secondary N) is 2.